The number of hydrogen-bond donors (Lipinski definition) is 1. The van der Waals surface area contributed by atoms with Crippen LogP contribution in [0.1, 0.15) is 55.4 Å². The van der Waals surface area contributed by atoms with Gasteiger partial charge in [0.05, 0.1) is 7.11 Å². The summed E-state index contributed by atoms with van der Waals surface area (Å²) in [5.74, 6) is 2.70. The smallest absolute Gasteiger partial charge is 0.374 e. The molecule has 10 nitrogen and oxygen atoms in total. The Morgan fingerprint density at radius 3 is 2.89 bits per heavy atom. The number of ether oxygens (including phenoxy) is 1. The molecule has 1 atom stereocenters. The zero-order valence-corrected chi connectivity index (χ0v) is 16.5. The molecule has 0 unspecified atom stereocenters. The van der Waals surface area contributed by atoms with Crippen LogP contribution in [0, 0.1) is 0 Å². The van der Waals surface area contributed by atoms with Crippen molar-refractivity contribution < 1.29 is 9.53 Å². The molecule has 0 radical (unpaired) electrons. The standard InChI is InChI=1S/C18H24N8O2/c1-5-25-16-13(22-17(25)18(27)28-4)14(19-9-20-16)21-11-6-7-12-23-24-15(10(2)3)26(12)8-11/h9-11H,5-8H2,1-4H3,(H,19,20,21)/t11-/m1/s1. The average molecular weight is 384 g/mol. The van der Waals surface area contributed by atoms with Gasteiger partial charge in [-0.3, -0.25) is 0 Å². The zero-order valence-electron chi connectivity index (χ0n) is 16.5. The van der Waals surface area contributed by atoms with Crippen molar-refractivity contribution in [1.29, 1.82) is 0 Å². The number of anilines is 1. The summed E-state index contributed by atoms with van der Waals surface area (Å²) < 4.78 is 8.78. The summed E-state index contributed by atoms with van der Waals surface area (Å²) in [7, 11) is 1.34. The molecule has 0 amide bonds. The number of nitrogens with one attached hydrogen (secondary N) is 1. The third-order valence-electron chi connectivity index (χ3n) is 5.05. The van der Waals surface area contributed by atoms with Gasteiger partial charge in [-0.2, -0.15) is 0 Å². The topological polar surface area (TPSA) is 113 Å². The maximum Gasteiger partial charge on any atom is 0.374 e. The van der Waals surface area contributed by atoms with Crippen LogP contribution in [-0.2, 0) is 24.2 Å². The lowest BCUT2D eigenvalue weighted by Gasteiger charge is -2.26. The van der Waals surface area contributed by atoms with Crippen molar-refractivity contribution in [2.24, 2.45) is 0 Å². The van der Waals surface area contributed by atoms with Gasteiger partial charge in [-0.1, -0.05) is 13.8 Å². The molecule has 0 bridgehead atoms. The molecule has 148 valence electrons. The minimum Gasteiger partial charge on any atom is -0.463 e. The highest BCUT2D eigenvalue weighted by Gasteiger charge is 2.26. The lowest BCUT2D eigenvalue weighted by Crippen LogP contribution is -2.32. The van der Waals surface area contributed by atoms with Crippen LogP contribution < -0.4 is 5.32 Å². The van der Waals surface area contributed by atoms with Gasteiger partial charge in [-0.25, -0.2) is 19.7 Å². The second-order valence-electron chi connectivity index (χ2n) is 7.19. The van der Waals surface area contributed by atoms with E-state index in [0.29, 0.717) is 29.4 Å². The van der Waals surface area contributed by atoms with E-state index >= 15 is 0 Å². The molecule has 4 rings (SSSR count). The van der Waals surface area contributed by atoms with E-state index in [9.17, 15) is 4.79 Å². The fraction of sp³-hybridized carbons (Fsp3) is 0.556. The maximum atomic E-state index is 12.1. The van der Waals surface area contributed by atoms with Crippen LogP contribution in [0.4, 0.5) is 5.82 Å². The predicted molar refractivity (Wildman–Crippen MR) is 102 cm³/mol. The van der Waals surface area contributed by atoms with E-state index in [0.717, 1.165) is 31.0 Å². The minimum atomic E-state index is -0.487. The lowest BCUT2D eigenvalue weighted by atomic mass is 10.1. The first-order valence-corrected chi connectivity index (χ1v) is 9.51. The van der Waals surface area contributed by atoms with Gasteiger partial charge in [0, 0.05) is 31.5 Å². The number of carbonyl (C=O) groups is 1. The Morgan fingerprint density at radius 1 is 1.36 bits per heavy atom. The molecule has 0 aromatic carbocycles. The first kappa shape index (κ1) is 18.3. The number of carbonyl (C=O) groups excluding carboxylic acids is 1. The number of rotatable bonds is 5. The van der Waals surface area contributed by atoms with Crippen molar-refractivity contribution in [2.75, 3.05) is 12.4 Å². The Bertz CT molecular complexity index is 1020. The van der Waals surface area contributed by atoms with E-state index in [1.807, 2.05) is 6.92 Å². The second kappa shape index (κ2) is 7.17. The summed E-state index contributed by atoms with van der Waals surface area (Å²) in [6, 6.07) is 0.160. The number of aryl methyl sites for hydroxylation is 2. The van der Waals surface area contributed by atoms with Crippen molar-refractivity contribution in [2.45, 2.75) is 58.7 Å². The molecule has 0 fully saturated rings. The molecule has 1 aliphatic heterocycles. The largest absolute Gasteiger partial charge is 0.463 e. The van der Waals surface area contributed by atoms with Crippen LogP contribution in [-0.4, -0.2) is 53.4 Å². The van der Waals surface area contributed by atoms with Gasteiger partial charge in [0.2, 0.25) is 5.82 Å². The van der Waals surface area contributed by atoms with Crippen molar-refractivity contribution in [3.8, 4) is 0 Å². The van der Waals surface area contributed by atoms with Crippen LogP contribution in [0.15, 0.2) is 6.33 Å². The second-order valence-corrected chi connectivity index (χ2v) is 7.19. The fourth-order valence-electron chi connectivity index (χ4n) is 3.68. The molecule has 3 aromatic heterocycles. The van der Waals surface area contributed by atoms with E-state index in [1.54, 1.807) is 4.57 Å². The van der Waals surface area contributed by atoms with Crippen LogP contribution in [0.25, 0.3) is 11.2 Å². The van der Waals surface area contributed by atoms with E-state index in [1.165, 1.54) is 13.4 Å². The first-order chi connectivity index (χ1) is 13.5. The maximum absolute atomic E-state index is 12.1. The predicted octanol–water partition coefficient (Wildman–Crippen LogP) is 1.77. The van der Waals surface area contributed by atoms with Crippen LogP contribution in [0.3, 0.4) is 0 Å². The Kier molecular flexibility index (Phi) is 4.70. The molecular weight excluding hydrogens is 360 g/mol. The molecular formula is C18H24N8O2. The summed E-state index contributed by atoms with van der Waals surface area (Å²) in [5, 5.41) is 12.1. The summed E-state index contributed by atoms with van der Waals surface area (Å²) in [6.45, 7) is 7.50. The number of fused-ring (bicyclic) bond motifs is 2. The number of nitrogens with zero attached hydrogens (tertiary/aromatic N) is 7. The highest BCUT2D eigenvalue weighted by molar-refractivity contribution is 5.93. The quantitative estimate of drug-likeness (QED) is 0.662. The Labute approximate surface area is 162 Å². The van der Waals surface area contributed by atoms with E-state index in [2.05, 4.69) is 48.9 Å². The Morgan fingerprint density at radius 2 is 2.18 bits per heavy atom. The normalized spacial score (nSPS) is 16.4. The molecule has 0 aliphatic carbocycles. The Hall–Kier alpha value is -3.04. The zero-order chi connectivity index (χ0) is 19.8. The molecule has 1 N–H and O–H groups in total. The fourth-order valence-corrected chi connectivity index (χ4v) is 3.68. The molecule has 1 aliphatic rings. The van der Waals surface area contributed by atoms with E-state index in [-0.39, 0.29) is 11.9 Å². The van der Waals surface area contributed by atoms with Gasteiger partial charge < -0.3 is 19.2 Å². The number of aromatic nitrogens is 7. The number of esters is 1. The van der Waals surface area contributed by atoms with Gasteiger partial charge in [0.25, 0.3) is 0 Å². The summed E-state index contributed by atoms with van der Waals surface area (Å²) in [5.41, 5.74) is 1.19. The summed E-state index contributed by atoms with van der Waals surface area (Å²) in [4.78, 5) is 25.3. The number of methoxy groups -OCH3 is 1. The average Bonchev–Trinajstić information content (AvgIpc) is 3.28. The van der Waals surface area contributed by atoms with Crippen molar-refractivity contribution >= 4 is 23.0 Å². The highest BCUT2D eigenvalue weighted by Crippen LogP contribution is 2.25. The number of hydrogen-bond acceptors (Lipinski definition) is 8. The summed E-state index contributed by atoms with van der Waals surface area (Å²) >= 11 is 0. The van der Waals surface area contributed by atoms with Gasteiger partial charge in [0.1, 0.15) is 18.0 Å². The van der Waals surface area contributed by atoms with E-state index in [4.69, 9.17) is 4.74 Å². The molecule has 3 aromatic rings. The van der Waals surface area contributed by atoms with Crippen LogP contribution in [0.5, 0.6) is 0 Å². The van der Waals surface area contributed by atoms with Crippen LogP contribution in [0.2, 0.25) is 0 Å². The first-order valence-electron chi connectivity index (χ1n) is 9.51. The third-order valence-corrected chi connectivity index (χ3v) is 5.05. The van der Waals surface area contributed by atoms with E-state index < -0.39 is 5.97 Å². The van der Waals surface area contributed by atoms with Crippen molar-refractivity contribution in [3.63, 3.8) is 0 Å². The molecule has 4 heterocycles. The van der Waals surface area contributed by atoms with Crippen LogP contribution >= 0.6 is 0 Å². The molecule has 0 saturated carbocycles. The van der Waals surface area contributed by atoms with Gasteiger partial charge in [0.15, 0.2) is 17.0 Å². The summed E-state index contributed by atoms with van der Waals surface area (Å²) in [6.07, 6.45) is 3.26. The SMILES string of the molecule is CCn1c(C(=O)OC)nc2c(N[C@@H]3CCc4nnc(C(C)C)n4C3)ncnc21. The number of imidazole rings is 1. The van der Waals surface area contributed by atoms with Crippen molar-refractivity contribution in [1.82, 2.24) is 34.3 Å². The highest BCUT2D eigenvalue weighted by atomic mass is 16.5. The Balaban J connectivity index is 1.66. The minimum absolute atomic E-state index is 0.160. The lowest BCUT2D eigenvalue weighted by molar-refractivity contribution is 0.0582. The molecule has 10 heteroatoms. The van der Waals surface area contributed by atoms with Crippen molar-refractivity contribution in [3.05, 3.63) is 23.8 Å². The van der Waals surface area contributed by atoms with Gasteiger partial charge >= 0.3 is 5.97 Å². The van der Waals surface area contributed by atoms with Gasteiger partial charge in [-0.05, 0) is 13.3 Å². The monoisotopic (exact) mass is 384 g/mol. The molecule has 0 spiro atoms. The third kappa shape index (κ3) is 2.98. The molecule has 0 saturated heterocycles. The molecule has 28 heavy (non-hydrogen) atoms. The van der Waals surface area contributed by atoms with Gasteiger partial charge in [-0.15, -0.1) is 10.2 Å².